The average molecular weight is 413 g/mol. The van der Waals surface area contributed by atoms with Gasteiger partial charge in [0.1, 0.15) is 11.6 Å². The second-order valence-corrected chi connectivity index (χ2v) is 6.40. The molecular weight excluding hydrogens is 401 g/mol. The van der Waals surface area contributed by atoms with Crippen molar-refractivity contribution in [3.63, 3.8) is 0 Å². The van der Waals surface area contributed by atoms with Crippen molar-refractivity contribution in [1.82, 2.24) is 15.0 Å². The number of rotatable bonds is 3. The van der Waals surface area contributed by atoms with Gasteiger partial charge in [-0.2, -0.15) is 13.2 Å². The van der Waals surface area contributed by atoms with Gasteiger partial charge in [0, 0.05) is 16.7 Å². The maximum atomic E-state index is 13.3. The summed E-state index contributed by atoms with van der Waals surface area (Å²) < 4.78 is 65.1. The smallest absolute Gasteiger partial charge is 0.208 e. The van der Waals surface area contributed by atoms with Crippen molar-refractivity contribution in [2.24, 2.45) is 0 Å². The molecule has 30 heavy (non-hydrogen) atoms. The third-order valence-electron chi connectivity index (χ3n) is 4.31. The molecule has 0 unspecified atom stereocenters. The molecule has 0 fully saturated rings. The number of aromatic nitrogens is 3. The van der Waals surface area contributed by atoms with Gasteiger partial charge in [-0.3, -0.25) is 0 Å². The van der Waals surface area contributed by atoms with Crippen LogP contribution in [0.15, 0.2) is 72.8 Å². The summed E-state index contributed by atoms with van der Waals surface area (Å²) in [6, 6.07) is 15.3. The Morgan fingerprint density at radius 3 is 1.07 bits per heavy atom. The number of halogens is 5. The van der Waals surface area contributed by atoms with Crippen molar-refractivity contribution >= 4 is 0 Å². The highest BCUT2D eigenvalue weighted by atomic mass is 19.4. The molecule has 0 radical (unpaired) electrons. The molecular formula is C22H12F5N3. The standard InChI is InChI=1S/C22H12F5N3/c23-17-9-3-14(4-10-17)20-28-19(13-1-7-16(8-2-13)22(25,26)27)29-21(30-20)15-5-11-18(24)12-6-15/h1-12H. The minimum atomic E-state index is -4.46. The molecule has 0 spiro atoms. The van der Waals surface area contributed by atoms with E-state index in [1.165, 1.54) is 60.7 Å². The van der Waals surface area contributed by atoms with Gasteiger partial charge in [0.15, 0.2) is 17.5 Å². The monoisotopic (exact) mass is 413 g/mol. The molecule has 0 amide bonds. The maximum absolute atomic E-state index is 13.3. The fraction of sp³-hybridized carbons (Fsp3) is 0.0455. The van der Waals surface area contributed by atoms with Gasteiger partial charge >= 0.3 is 6.18 Å². The molecule has 1 heterocycles. The van der Waals surface area contributed by atoms with E-state index in [4.69, 9.17) is 0 Å². The van der Waals surface area contributed by atoms with E-state index < -0.39 is 23.4 Å². The molecule has 8 heteroatoms. The lowest BCUT2D eigenvalue weighted by molar-refractivity contribution is -0.137. The Bertz CT molecular complexity index is 1110. The van der Waals surface area contributed by atoms with E-state index in [1.807, 2.05) is 0 Å². The van der Waals surface area contributed by atoms with E-state index >= 15 is 0 Å². The van der Waals surface area contributed by atoms with Crippen LogP contribution in [0, 0.1) is 11.6 Å². The summed E-state index contributed by atoms with van der Waals surface area (Å²) in [5, 5.41) is 0. The Hall–Kier alpha value is -3.68. The van der Waals surface area contributed by atoms with Gasteiger partial charge in [0.2, 0.25) is 0 Å². The predicted molar refractivity (Wildman–Crippen MR) is 101 cm³/mol. The molecule has 0 aliphatic heterocycles. The number of benzene rings is 3. The number of alkyl halides is 3. The summed E-state index contributed by atoms with van der Waals surface area (Å²) >= 11 is 0. The van der Waals surface area contributed by atoms with Crippen molar-refractivity contribution < 1.29 is 22.0 Å². The van der Waals surface area contributed by atoms with Crippen molar-refractivity contribution in [1.29, 1.82) is 0 Å². The fourth-order valence-corrected chi connectivity index (χ4v) is 2.77. The third kappa shape index (κ3) is 4.17. The number of nitrogens with zero attached hydrogens (tertiary/aromatic N) is 3. The molecule has 0 saturated carbocycles. The SMILES string of the molecule is Fc1ccc(-c2nc(-c3ccc(F)cc3)nc(-c3ccc(C(F)(F)F)cc3)n2)cc1. The first-order valence-corrected chi connectivity index (χ1v) is 8.75. The summed E-state index contributed by atoms with van der Waals surface area (Å²) in [5.41, 5.74) is 0.542. The van der Waals surface area contributed by atoms with Crippen LogP contribution in [0.3, 0.4) is 0 Å². The third-order valence-corrected chi connectivity index (χ3v) is 4.31. The van der Waals surface area contributed by atoms with Gasteiger partial charge < -0.3 is 0 Å². The van der Waals surface area contributed by atoms with Crippen molar-refractivity contribution in [2.45, 2.75) is 6.18 Å². The molecule has 0 aliphatic carbocycles. The van der Waals surface area contributed by atoms with Crippen LogP contribution in [0.2, 0.25) is 0 Å². The fourth-order valence-electron chi connectivity index (χ4n) is 2.77. The van der Waals surface area contributed by atoms with Crippen LogP contribution in [0.4, 0.5) is 22.0 Å². The largest absolute Gasteiger partial charge is 0.416 e. The minimum absolute atomic E-state index is 0.136. The molecule has 3 nitrogen and oxygen atoms in total. The highest BCUT2D eigenvalue weighted by Crippen LogP contribution is 2.31. The van der Waals surface area contributed by atoms with Gasteiger partial charge in [-0.25, -0.2) is 23.7 Å². The van der Waals surface area contributed by atoms with Crippen LogP contribution in [-0.2, 0) is 6.18 Å². The molecule has 0 N–H and O–H groups in total. The van der Waals surface area contributed by atoms with Crippen LogP contribution in [0.1, 0.15) is 5.56 Å². The average Bonchev–Trinajstić information content (AvgIpc) is 2.74. The lowest BCUT2D eigenvalue weighted by Crippen LogP contribution is -2.05. The Labute approximate surface area is 167 Å². The normalized spacial score (nSPS) is 11.5. The topological polar surface area (TPSA) is 38.7 Å². The Balaban J connectivity index is 1.85. The van der Waals surface area contributed by atoms with E-state index in [2.05, 4.69) is 15.0 Å². The second kappa shape index (κ2) is 7.62. The van der Waals surface area contributed by atoms with Gasteiger partial charge in [-0.1, -0.05) is 12.1 Å². The van der Waals surface area contributed by atoms with E-state index in [-0.39, 0.29) is 17.5 Å². The summed E-state index contributed by atoms with van der Waals surface area (Å²) in [4.78, 5) is 13.0. The van der Waals surface area contributed by atoms with Crippen LogP contribution in [0.25, 0.3) is 34.2 Å². The van der Waals surface area contributed by atoms with Crippen molar-refractivity contribution in [3.8, 4) is 34.2 Å². The van der Waals surface area contributed by atoms with E-state index in [0.29, 0.717) is 16.7 Å². The Kier molecular flexibility index (Phi) is 4.99. The Morgan fingerprint density at radius 2 is 0.767 bits per heavy atom. The summed E-state index contributed by atoms with van der Waals surface area (Å²) in [6.07, 6.45) is -4.46. The molecule has 4 rings (SSSR count). The zero-order valence-corrected chi connectivity index (χ0v) is 15.2. The zero-order valence-electron chi connectivity index (χ0n) is 15.2. The van der Waals surface area contributed by atoms with Crippen molar-refractivity contribution in [2.75, 3.05) is 0 Å². The lowest BCUT2D eigenvalue weighted by atomic mass is 10.1. The molecule has 1 aromatic heterocycles. The lowest BCUT2D eigenvalue weighted by Gasteiger charge is -2.10. The first-order valence-electron chi connectivity index (χ1n) is 8.75. The van der Waals surface area contributed by atoms with Crippen LogP contribution in [-0.4, -0.2) is 15.0 Å². The van der Waals surface area contributed by atoms with Crippen molar-refractivity contribution in [3.05, 3.63) is 90.0 Å². The van der Waals surface area contributed by atoms with E-state index in [0.717, 1.165) is 12.1 Å². The first-order chi connectivity index (χ1) is 14.3. The second-order valence-electron chi connectivity index (χ2n) is 6.40. The number of hydrogen-bond acceptors (Lipinski definition) is 3. The van der Waals surface area contributed by atoms with Crippen LogP contribution < -0.4 is 0 Å². The molecule has 0 bridgehead atoms. The summed E-state index contributed by atoms with van der Waals surface area (Å²) in [5.74, 6) is -0.320. The Morgan fingerprint density at radius 1 is 0.467 bits per heavy atom. The molecule has 3 aromatic carbocycles. The molecule has 0 saturated heterocycles. The molecule has 0 aliphatic rings. The van der Waals surface area contributed by atoms with Gasteiger partial charge in [-0.05, 0) is 60.7 Å². The molecule has 150 valence electrons. The van der Waals surface area contributed by atoms with Crippen LogP contribution >= 0.6 is 0 Å². The zero-order chi connectivity index (χ0) is 21.3. The van der Waals surface area contributed by atoms with E-state index in [9.17, 15) is 22.0 Å². The van der Waals surface area contributed by atoms with E-state index in [1.54, 1.807) is 0 Å². The van der Waals surface area contributed by atoms with Gasteiger partial charge in [-0.15, -0.1) is 0 Å². The highest BCUT2D eigenvalue weighted by Gasteiger charge is 2.30. The van der Waals surface area contributed by atoms with Crippen LogP contribution in [0.5, 0.6) is 0 Å². The highest BCUT2D eigenvalue weighted by molar-refractivity contribution is 5.66. The predicted octanol–water partition coefficient (Wildman–Crippen LogP) is 6.17. The number of hydrogen-bond donors (Lipinski definition) is 0. The van der Waals surface area contributed by atoms with Gasteiger partial charge in [0.25, 0.3) is 0 Å². The van der Waals surface area contributed by atoms with Gasteiger partial charge in [0.05, 0.1) is 5.56 Å². The quantitative estimate of drug-likeness (QED) is 0.377. The molecule has 4 aromatic rings. The molecule has 0 atom stereocenters. The summed E-state index contributed by atoms with van der Waals surface area (Å²) in [7, 11) is 0. The summed E-state index contributed by atoms with van der Waals surface area (Å²) in [6.45, 7) is 0. The minimum Gasteiger partial charge on any atom is -0.208 e. The maximum Gasteiger partial charge on any atom is 0.416 e. The first kappa shape index (κ1) is 19.6.